The van der Waals surface area contributed by atoms with E-state index in [0.717, 1.165) is 57.4 Å². The van der Waals surface area contributed by atoms with Gasteiger partial charge in [0, 0.05) is 52.4 Å². The number of piperazine rings is 1. The number of aliphatic imine (C=N–C) groups is 1. The molecule has 6 heteroatoms. The van der Waals surface area contributed by atoms with Gasteiger partial charge in [0.15, 0.2) is 5.96 Å². The maximum Gasteiger partial charge on any atom is 0.191 e. The van der Waals surface area contributed by atoms with Gasteiger partial charge in [-0.15, -0.1) is 0 Å². The van der Waals surface area contributed by atoms with Crippen molar-refractivity contribution >= 4 is 5.96 Å². The summed E-state index contributed by atoms with van der Waals surface area (Å²) >= 11 is 0. The molecule has 1 fully saturated rings. The molecular weight excluding hydrogens is 350 g/mol. The Labute approximate surface area is 171 Å². The zero-order chi connectivity index (χ0) is 20.5. The molecule has 0 amide bonds. The highest BCUT2D eigenvalue weighted by molar-refractivity contribution is 5.79. The summed E-state index contributed by atoms with van der Waals surface area (Å²) in [6.45, 7) is 13.0. The molecule has 1 unspecified atom stereocenters. The molecule has 0 bridgehead atoms. The Kier molecular flexibility index (Phi) is 9.06. The number of nitrogens with zero attached hydrogens (tertiary/aromatic N) is 3. The molecule has 0 aromatic heterocycles. The largest absolute Gasteiger partial charge is 0.496 e. The lowest BCUT2D eigenvalue weighted by atomic mass is 10.0. The summed E-state index contributed by atoms with van der Waals surface area (Å²) in [5, 5.41) is 6.98. The van der Waals surface area contributed by atoms with Gasteiger partial charge >= 0.3 is 0 Å². The van der Waals surface area contributed by atoms with Crippen molar-refractivity contribution in [3.8, 4) is 5.75 Å². The number of nitrogens with one attached hydrogen (secondary N) is 2. The molecular formula is C22H39N5O. The number of aryl methyl sites for hydroxylation is 1. The molecule has 1 aromatic rings. The van der Waals surface area contributed by atoms with Crippen LogP contribution in [-0.2, 0) is 6.42 Å². The first kappa shape index (κ1) is 22.5. The van der Waals surface area contributed by atoms with Crippen LogP contribution in [-0.4, -0.2) is 82.3 Å². The minimum absolute atomic E-state index is 0.522. The van der Waals surface area contributed by atoms with Gasteiger partial charge in [-0.2, -0.15) is 0 Å². The fourth-order valence-corrected chi connectivity index (χ4v) is 3.71. The molecule has 2 rings (SSSR count). The van der Waals surface area contributed by atoms with Crippen LogP contribution in [0, 0.1) is 12.8 Å². The summed E-state index contributed by atoms with van der Waals surface area (Å²) in [4.78, 5) is 9.42. The SMILES string of the molecule is CN=C(NCCc1ccc(C)c(OC)c1)NCC(C(C)C)N1CCN(C)CC1. The normalized spacial score (nSPS) is 17.6. The summed E-state index contributed by atoms with van der Waals surface area (Å²) in [6.07, 6.45) is 0.934. The summed E-state index contributed by atoms with van der Waals surface area (Å²) in [7, 11) is 5.77. The lowest BCUT2D eigenvalue weighted by molar-refractivity contribution is 0.0900. The quantitative estimate of drug-likeness (QED) is 0.526. The van der Waals surface area contributed by atoms with Gasteiger partial charge in [0.25, 0.3) is 0 Å². The van der Waals surface area contributed by atoms with Crippen LogP contribution in [0.25, 0.3) is 0 Å². The molecule has 0 spiro atoms. The van der Waals surface area contributed by atoms with Gasteiger partial charge in [0.2, 0.25) is 0 Å². The van der Waals surface area contributed by atoms with Crippen LogP contribution in [0.4, 0.5) is 0 Å². The molecule has 1 atom stereocenters. The summed E-state index contributed by atoms with van der Waals surface area (Å²) in [5.41, 5.74) is 2.43. The van der Waals surface area contributed by atoms with Crippen molar-refractivity contribution < 1.29 is 4.74 Å². The summed E-state index contributed by atoms with van der Waals surface area (Å²) in [6, 6.07) is 6.92. The van der Waals surface area contributed by atoms with Gasteiger partial charge in [0.1, 0.15) is 5.75 Å². The first-order valence-electron chi connectivity index (χ1n) is 10.4. The number of likely N-dealkylation sites (N-methyl/N-ethyl adjacent to an activating group) is 1. The van der Waals surface area contributed by atoms with Crippen LogP contribution >= 0.6 is 0 Å². The van der Waals surface area contributed by atoms with E-state index in [9.17, 15) is 0 Å². The predicted molar refractivity (Wildman–Crippen MR) is 118 cm³/mol. The fourth-order valence-electron chi connectivity index (χ4n) is 3.71. The second-order valence-corrected chi connectivity index (χ2v) is 8.08. The van der Waals surface area contributed by atoms with E-state index in [2.05, 4.69) is 71.4 Å². The topological polar surface area (TPSA) is 52.1 Å². The minimum atomic E-state index is 0.522. The second kappa shape index (κ2) is 11.3. The first-order chi connectivity index (χ1) is 13.4. The predicted octanol–water partition coefficient (Wildman–Crippen LogP) is 1.98. The molecule has 1 aliphatic rings. The van der Waals surface area contributed by atoms with E-state index in [1.165, 1.54) is 11.1 Å². The van der Waals surface area contributed by atoms with E-state index < -0.39 is 0 Å². The standard InChI is InChI=1S/C22H39N5O/c1-17(2)20(27-13-11-26(5)12-14-27)16-25-22(23-4)24-10-9-19-8-7-18(3)21(15-19)28-6/h7-8,15,17,20H,9-14,16H2,1-6H3,(H2,23,24,25). The van der Waals surface area contributed by atoms with Crippen molar-refractivity contribution in [2.45, 2.75) is 33.2 Å². The Morgan fingerprint density at radius 2 is 1.89 bits per heavy atom. The van der Waals surface area contributed by atoms with E-state index in [1.54, 1.807) is 7.11 Å². The van der Waals surface area contributed by atoms with E-state index in [1.807, 2.05) is 7.05 Å². The average molecular weight is 390 g/mol. The molecule has 0 saturated carbocycles. The second-order valence-electron chi connectivity index (χ2n) is 8.08. The van der Waals surface area contributed by atoms with Crippen molar-refractivity contribution in [1.82, 2.24) is 20.4 Å². The number of ether oxygens (including phenoxy) is 1. The molecule has 0 aliphatic carbocycles. The highest BCUT2D eigenvalue weighted by atomic mass is 16.5. The maximum absolute atomic E-state index is 5.42. The zero-order valence-corrected chi connectivity index (χ0v) is 18.6. The van der Waals surface area contributed by atoms with Crippen molar-refractivity contribution in [2.75, 3.05) is 60.5 Å². The third-order valence-corrected chi connectivity index (χ3v) is 5.66. The first-order valence-corrected chi connectivity index (χ1v) is 10.4. The average Bonchev–Trinajstić information content (AvgIpc) is 2.69. The molecule has 158 valence electrons. The van der Waals surface area contributed by atoms with Gasteiger partial charge in [0.05, 0.1) is 7.11 Å². The van der Waals surface area contributed by atoms with Crippen molar-refractivity contribution in [1.29, 1.82) is 0 Å². The monoisotopic (exact) mass is 389 g/mol. The molecule has 1 aliphatic heterocycles. The van der Waals surface area contributed by atoms with Gasteiger partial charge in [-0.05, 0) is 43.5 Å². The van der Waals surface area contributed by atoms with E-state index in [0.29, 0.717) is 12.0 Å². The molecule has 1 saturated heterocycles. The van der Waals surface area contributed by atoms with Gasteiger partial charge < -0.3 is 20.3 Å². The molecule has 0 radical (unpaired) electrons. The molecule has 6 nitrogen and oxygen atoms in total. The molecule has 1 aromatic carbocycles. The number of hydrogen-bond acceptors (Lipinski definition) is 4. The van der Waals surface area contributed by atoms with Crippen LogP contribution < -0.4 is 15.4 Å². The Morgan fingerprint density at radius 3 is 2.50 bits per heavy atom. The highest BCUT2D eigenvalue weighted by Gasteiger charge is 2.24. The van der Waals surface area contributed by atoms with Crippen LogP contribution in [0.5, 0.6) is 5.75 Å². The van der Waals surface area contributed by atoms with Gasteiger partial charge in [-0.25, -0.2) is 0 Å². The zero-order valence-electron chi connectivity index (χ0n) is 18.6. The Bertz CT molecular complexity index is 623. The van der Waals surface area contributed by atoms with Crippen molar-refractivity contribution in [3.63, 3.8) is 0 Å². The van der Waals surface area contributed by atoms with Crippen LogP contribution in [0.3, 0.4) is 0 Å². The van der Waals surface area contributed by atoms with Crippen molar-refractivity contribution in [3.05, 3.63) is 29.3 Å². The number of methoxy groups -OCH3 is 1. The van der Waals surface area contributed by atoms with Crippen LogP contribution in [0.15, 0.2) is 23.2 Å². The van der Waals surface area contributed by atoms with E-state index in [-0.39, 0.29) is 0 Å². The number of guanidine groups is 1. The Balaban J connectivity index is 1.81. The third kappa shape index (κ3) is 6.67. The Morgan fingerprint density at radius 1 is 1.18 bits per heavy atom. The summed E-state index contributed by atoms with van der Waals surface area (Å²) in [5.74, 6) is 2.43. The minimum Gasteiger partial charge on any atom is -0.496 e. The highest BCUT2D eigenvalue weighted by Crippen LogP contribution is 2.19. The number of benzene rings is 1. The van der Waals surface area contributed by atoms with Gasteiger partial charge in [-0.1, -0.05) is 26.0 Å². The summed E-state index contributed by atoms with van der Waals surface area (Å²) < 4.78 is 5.42. The number of hydrogen-bond donors (Lipinski definition) is 2. The number of rotatable bonds is 8. The van der Waals surface area contributed by atoms with Crippen LogP contribution in [0.2, 0.25) is 0 Å². The molecule has 1 heterocycles. The molecule has 28 heavy (non-hydrogen) atoms. The van der Waals surface area contributed by atoms with Crippen LogP contribution in [0.1, 0.15) is 25.0 Å². The Hall–Kier alpha value is -1.79. The van der Waals surface area contributed by atoms with Gasteiger partial charge in [-0.3, -0.25) is 9.89 Å². The lowest BCUT2D eigenvalue weighted by Crippen LogP contribution is -2.55. The van der Waals surface area contributed by atoms with E-state index in [4.69, 9.17) is 4.74 Å². The van der Waals surface area contributed by atoms with Crippen molar-refractivity contribution in [2.24, 2.45) is 10.9 Å². The maximum atomic E-state index is 5.42. The van der Waals surface area contributed by atoms with E-state index >= 15 is 0 Å². The molecule has 2 N–H and O–H groups in total. The fraction of sp³-hybridized carbons (Fsp3) is 0.682. The smallest absolute Gasteiger partial charge is 0.191 e. The third-order valence-electron chi connectivity index (χ3n) is 5.66. The lowest BCUT2D eigenvalue weighted by Gasteiger charge is -2.40.